The second-order valence-electron chi connectivity index (χ2n) is 4.51. The van der Waals surface area contributed by atoms with Gasteiger partial charge < -0.3 is 10.4 Å². The van der Waals surface area contributed by atoms with Gasteiger partial charge in [0.1, 0.15) is 11.6 Å². The lowest BCUT2D eigenvalue weighted by Crippen LogP contribution is -2.08. The van der Waals surface area contributed by atoms with E-state index < -0.39 is 5.82 Å². The fraction of sp³-hybridized carbons (Fsp3) is 0.200. The Kier molecular flexibility index (Phi) is 4.88. The lowest BCUT2D eigenvalue weighted by atomic mass is 9.99. The molecule has 0 saturated carbocycles. The fourth-order valence-corrected chi connectivity index (χ4v) is 2.17. The Morgan fingerprint density at radius 1 is 1.38 bits per heavy atom. The maximum Gasteiger partial charge on any atom is 0.222 e. The van der Waals surface area contributed by atoms with Gasteiger partial charge in [-0.2, -0.15) is 0 Å². The Bertz CT molecular complexity index is 677. The fourth-order valence-electron chi connectivity index (χ4n) is 2.01. The van der Waals surface area contributed by atoms with E-state index in [1.54, 1.807) is 18.2 Å². The summed E-state index contributed by atoms with van der Waals surface area (Å²) in [6.45, 7) is 1.29. The molecule has 2 N–H and O–H groups in total. The van der Waals surface area contributed by atoms with Crippen molar-refractivity contribution in [3.8, 4) is 11.1 Å². The van der Waals surface area contributed by atoms with Gasteiger partial charge in [-0.15, -0.1) is 0 Å². The number of pyridine rings is 1. The Labute approximate surface area is 126 Å². The zero-order chi connectivity index (χ0) is 15.4. The van der Waals surface area contributed by atoms with Crippen LogP contribution in [0.4, 0.5) is 10.2 Å². The van der Waals surface area contributed by atoms with Gasteiger partial charge in [0.2, 0.25) is 5.91 Å². The van der Waals surface area contributed by atoms with Crippen LogP contribution in [0.2, 0.25) is 5.02 Å². The number of aromatic nitrogens is 1. The van der Waals surface area contributed by atoms with Gasteiger partial charge in [-0.1, -0.05) is 11.6 Å². The molecule has 0 aliphatic heterocycles. The van der Waals surface area contributed by atoms with Crippen LogP contribution >= 0.6 is 11.6 Å². The number of rotatable bonds is 4. The molecule has 1 amide bonds. The number of carbonyl (C=O) groups excluding carboxylic acids is 1. The van der Waals surface area contributed by atoms with Gasteiger partial charge in [-0.3, -0.25) is 4.79 Å². The zero-order valence-electron chi connectivity index (χ0n) is 11.4. The van der Waals surface area contributed by atoms with Crippen molar-refractivity contribution in [3.05, 3.63) is 46.9 Å². The van der Waals surface area contributed by atoms with Crippen LogP contribution in [-0.4, -0.2) is 22.6 Å². The summed E-state index contributed by atoms with van der Waals surface area (Å²) < 4.78 is 14.1. The third-order valence-corrected chi connectivity index (χ3v) is 3.13. The summed E-state index contributed by atoms with van der Waals surface area (Å²) in [6.07, 6.45) is 1.86. The average Bonchev–Trinajstić information content (AvgIpc) is 2.40. The first-order valence-electron chi connectivity index (χ1n) is 6.34. The van der Waals surface area contributed by atoms with E-state index in [9.17, 15) is 9.18 Å². The maximum atomic E-state index is 14.1. The van der Waals surface area contributed by atoms with Gasteiger partial charge in [0.25, 0.3) is 0 Å². The molecule has 0 atom stereocenters. The Morgan fingerprint density at radius 3 is 2.76 bits per heavy atom. The third kappa shape index (κ3) is 3.77. The van der Waals surface area contributed by atoms with Crippen molar-refractivity contribution in [3.63, 3.8) is 0 Å². The van der Waals surface area contributed by atoms with Crippen molar-refractivity contribution in [1.82, 2.24) is 4.98 Å². The molecule has 6 heteroatoms. The molecule has 21 heavy (non-hydrogen) atoms. The normalized spacial score (nSPS) is 10.5. The molecule has 2 rings (SSSR count). The number of halogens is 2. The third-order valence-electron chi connectivity index (χ3n) is 2.89. The number of anilines is 1. The van der Waals surface area contributed by atoms with Crippen molar-refractivity contribution < 1.29 is 14.3 Å². The van der Waals surface area contributed by atoms with Crippen LogP contribution in [0.1, 0.15) is 12.5 Å². The average molecular weight is 309 g/mol. The van der Waals surface area contributed by atoms with E-state index in [0.717, 1.165) is 0 Å². The van der Waals surface area contributed by atoms with Crippen LogP contribution in [-0.2, 0) is 11.2 Å². The number of hydrogen-bond acceptors (Lipinski definition) is 3. The molecule has 0 spiro atoms. The molecule has 0 saturated heterocycles. The molecule has 1 aromatic carbocycles. The Morgan fingerprint density at radius 2 is 2.14 bits per heavy atom. The van der Waals surface area contributed by atoms with Gasteiger partial charge in [-0.25, -0.2) is 9.37 Å². The number of nitrogens with one attached hydrogen (secondary N) is 1. The summed E-state index contributed by atoms with van der Waals surface area (Å²) in [6, 6.07) is 5.95. The van der Waals surface area contributed by atoms with Gasteiger partial charge in [-0.05, 0) is 41.8 Å². The highest BCUT2D eigenvalue weighted by atomic mass is 35.5. The van der Waals surface area contributed by atoms with Crippen molar-refractivity contribution >= 4 is 23.3 Å². The second-order valence-corrected chi connectivity index (χ2v) is 4.94. The molecule has 2 aromatic rings. The minimum absolute atomic E-state index is 0.0800. The minimum Gasteiger partial charge on any atom is -0.396 e. The van der Waals surface area contributed by atoms with Crippen LogP contribution in [0.15, 0.2) is 30.5 Å². The van der Waals surface area contributed by atoms with Crippen molar-refractivity contribution in [1.29, 1.82) is 0 Å². The highest BCUT2D eigenvalue weighted by molar-refractivity contribution is 6.30. The van der Waals surface area contributed by atoms with Crippen molar-refractivity contribution in [2.24, 2.45) is 0 Å². The topological polar surface area (TPSA) is 62.2 Å². The number of aliphatic hydroxyl groups is 1. The maximum absolute atomic E-state index is 14.1. The molecule has 1 aromatic heterocycles. The summed E-state index contributed by atoms with van der Waals surface area (Å²) in [5, 5.41) is 12.0. The van der Waals surface area contributed by atoms with E-state index in [2.05, 4.69) is 10.3 Å². The summed E-state index contributed by atoms with van der Waals surface area (Å²) in [4.78, 5) is 15.2. The van der Waals surface area contributed by atoms with Crippen LogP contribution < -0.4 is 5.32 Å². The van der Waals surface area contributed by atoms with Crippen LogP contribution in [0, 0.1) is 5.82 Å². The first-order chi connectivity index (χ1) is 10.0. The molecule has 0 aliphatic rings. The van der Waals surface area contributed by atoms with E-state index in [-0.39, 0.29) is 12.5 Å². The summed E-state index contributed by atoms with van der Waals surface area (Å²) in [5.41, 5.74) is 1.60. The standard InChI is InChI=1S/C15H14ClFN2O2/c1-9(21)19-15-7-13(10(4-5-20)8-18-15)12-3-2-11(16)6-14(12)17/h2-3,6-8,20H,4-5H2,1H3,(H,18,19,21). The molecule has 1 heterocycles. The van der Waals surface area contributed by atoms with E-state index in [1.165, 1.54) is 19.2 Å². The molecule has 0 aliphatic carbocycles. The van der Waals surface area contributed by atoms with Gasteiger partial charge in [0, 0.05) is 30.3 Å². The Hall–Kier alpha value is -1.98. The number of nitrogens with zero attached hydrogens (tertiary/aromatic N) is 1. The van der Waals surface area contributed by atoms with E-state index in [1.807, 2.05) is 0 Å². The van der Waals surface area contributed by atoms with Crippen molar-refractivity contribution in [2.45, 2.75) is 13.3 Å². The number of hydrogen-bond donors (Lipinski definition) is 2. The highest BCUT2D eigenvalue weighted by Gasteiger charge is 2.12. The van der Waals surface area contributed by atoms with E-state index >= 15 is 0 Å². The zero-order valence-corrected chi connectivity index (χ0v) is 12.1. The molecule has 0 radical (unpaired) electrons. The molecule has 0 unspecified atom stereocenters. The predicted octanol–water partition coefficient (Wildman–Crippen LogP) is 3.03. The first kappa shape index (κ1) is 15.4. The lowest BCUT2D eigenvalue weighted by Gasteiger charge is -2.12. The SMILES string of the molecule is CC(=O)Nc1cc(-c2ccc(Cl)cc2F)c(CCO)cn1. The summed E-state index contributed by atoms with van der Waals surface area (Å²) in [5.74, 6) is -0.407. The Balaban J connectivity index is 2.54. The van der Waals surface area contributed by atoms with Crippen LogP contribution in [0.3, 0.4) is 0 Å². The quantitative estimate of drug-likeness (QED) is 0.912. The largest absolute Gasteiger partial charge is 0.396 e. The second kappa shape index (κ2) is 6.65. The van der Waals surface area contributed by atoms with E-state index in [4.69, 9.17) is 16.7 Å². The van der Waals surface area contributed by atoms with E-state index in [0.29, 0.717) is 34.0 Å². The number of amides is 1. The lowest BCUT2D eigenvalue weighted by molar-refractivity contribution is -0.114. The minimum atomic E-state index is -0.471. The van der Waals surface area contributed by atoms with Crippen LogP contribution in [0.25, 0.3) is 11.1 Å². The van der Waals surface area contributed by atoms with Gasteiger partial charge in [0.15, 0.2) is 0 Å². The smallest absolute Gasteiger partial charge is 0.222 e. The van der Waals surface area contributed by atoms with Gasteiger partial charge in [0.05, 0.1) is 0 Å². The number of carbonyl (C=O) groups is 1. The number of aliphatic hydroxyl groups excluding tert-OH is 1. The molecule has 0 bridgehead atoms. The molecular weight excluding hydrogens is 295 g/mol. The van der Waals surface area contributed by atoms with Crippen LogP contribution in [0.5, 0.6) is 0 Å². The molecule has 0 fully saturated rings. The predicted molar refractivity (Wildman–Crippen MR) is 79.7 cm³/mol. The van der Waals surface area contributed by atoms with Crippen molar-refractivity contribution in [2.75, 3.05) is 11.9 Å². The highest BCUT2D eigenvalue weighted by Crippen LogP contribution is 2.30. The monoisotopic (exact) mass is 308 g/mol. The van der Waals surface area contributed by atoms with Gasteiger partial charge >= 0.3 is 0 Å². The molecule has 4 nitrogen and oxygen atoms in total. The summed E-state index contributed by atoms with van der Waals surface area (Å²) in [7, 11) is 0. The number of benzene rings is 1. The summed E-state index contributed by atoms with van der Waals surface area (Å²) >= 11 is 5.76. The molecular formula is C15H14ClFN2O2. The molecule has 110 valence electrons. The first-order valence-corrected chi connectivity index (χ1v) is 6.72.